The van der Waals surface area contributed by atoms with Crippen LogP contribution in [0.15, 0.2) is 43.0 Å². The highest BCUT2D eigenvalue weighted by atomic mass is 35.5. The number of halogens is 2. The zero-order valence-electron chi connectivity index (χ0n) is 13.3. The van der Waals surface area contributed by atoms with Gasteiger partial charge in [-0.2, -0.15) is 0 Å². The molecule has 0 saturated heterocycles. The number of hydrazine groups is 1. The summed E-state index contributed by atoms with van der Waals surface area (Å²) < 4.78 is 0. The first-order chi connectivity index (χ1) is 12.0. The molecule has 6 nitrogen and oxygen atoms in total. The third kappa shape index (κ3) is 2.73. The summed E-state index contributed by atoms with van der Waals surface area (Å²) in [6.07, 6.45) is 5.11. The van der Waals surface area contributed by atoms with E-state index in [2.05, 4.69) is 15.0 Å². The summed E-state index contributed by atoms with van der Waals surface area (Å²) >= 11 is 12.9. The molecule has 0 bridgehead atoms. The number of benzene rings is 1. The van der Waals surface area contributed by atoms with Crippen LogP contribution < -0.4 is 15.8 Å². The maximum absolute atomic E-state index is 6.46. The van der Waals surface area contributed by atoms with E-state index in [4.69, 9.17) is 28.9 Å². The molecule has 1 aliphatic heterocycles. The molecule has 0 amide bonds. The van der Waals surface area contributed by atoms with Crippen LogP contribution in [0.25, 0.3) is 0 Å². The van der Waals surface area contributed by atoms with E-state index in [1.807, 2.05) is 35.3 Å². The van der Waals surface area contributed by atoms with Crippen molar-refractivity contribution in [1.29, 1.82) is 0 Å². The number of pyridine rings is 1. The lowest BCUT2D eigenvalue weighted by atomic mass is 10.2. The summed E-state index contributed by atoms with van der Waals surface area (Å²) in [5.74, 6) is 0.724. The maximum atomic E-state index is 6.46. The summed E-state index contributed by atoms with van der Waals surface area (Å²) in [5, 5.41) is 4.89. The Morgan fingerprint density at radius 1 is 1.12 bits per heavy atom. The van der Waals surface area contributed by atoms with Gasteiger partial charge in [-0.1, -0.05) is 23.2 Å². The zero-order valence-corrected chi connectivity index (χ0v) is 14.8. The second kappa shape index (κ2) is 6.06. The molecule has 1 aromatic carbocycles. The quantitative estimate of drug-likeness (QED) is 0.681. The number of nitrogen functional groups attached to an aromatic ring is 1. The molecule has 8 heteroatoms. The van der Waals surface area contributed by atoms with Crippen molar-refractivity contribution in [2.75, 3.05) is 15.8 Å². The van der Waals surface area contributed by atoms with Gasteiger partial charge in [0.15, 0.2) is 5.82 Å². The zero-order chi connectivity index (χ0) is 17.6. The Kier molecular flexibility index (Phi) is 3.86. The second-order valence-corrected chi connectivity index (χ2v) is 6.54. The van der Waals surface area contributed by atoms with Gasteiger partial charge in [-0.05, 0) is 25.1 Å². The summed E-state index contributed by atoms with van der Waals surface area (Å²) in [4.78, 5) is 12.8. The van der Waals surface area contributed by atoms with Gasteiger partial charge in [0, 0.05) is 35.4 Å². The predicted molar refractivity (Wildman–Crippen MR) is 100 cm³/mol. The van der Waals surface area contributed by atoms with Gasteiger partial charge in [-0.3, -0.25) is 9.99 Å². The van der Waals surface area contributed by atoms with Crippen molar-refractivity contribution < 1.29 is 0 Å². The molecule has 0 saturated carbocycles. The van der Waals surface area contributed by atoms with E-state index in [-0.39, 0.29) is 0 Å². The number of anilines is 4. The van der Waals surface area contributed by atoms with E-state index in [9.17, 15) is 0 Å². The predicted octanol–water partition coefficient (Wildman–Crippen LogP) is 4.14. The minimum atomic E-state index is 0.474. The van der Waals surface area contributed by atoms with E-state index in [1.54, 1.807) is 18.3 Å². The largest absolute Gasteiger partial charge is 0.399 e. The second-order valence-electron chi connectivity index (χ2n) is 5.72. The number of rotatable bonds is 2. The van der Waals surface area contributed by atoms with Gasteiger partial charge in [0.25, 0.3) is 0 Å². The Hall–Kier alpha value is -2.57. The minimum Gasteiger partial charge on any atom is -0.399 e. The molecule has 0 spiro atoms. The average molecular weight is 373 g/mol. The van der Waals surface area contributed by atoms with Crippen molar-refractivity contribution in [2.45, 2.75) is 13.5 Å². The maximum Gasteiger partial charge on any atom is 0.155 e. The number of hydrogen-bond acceptors (Lipinski definition) is 6. The SMILES string of the molecule is Cc1cc(N2c3ccncc3CN2c2c(Cl)cc(N)cc2Cl)ncn1. The fourth-order valence-corrected chi connectivity index (χ4v) is 3.62. The third-order valence-corrected chi connectivity index (χ3v) is 4.55. The summed E-state index contributed by atoms with van der Waals surface area (Å²) in [7, 11) is 0. The normalized spacial score (nSPS) is 13.2. The molecule has 2 N–H and O–H groups in total. The van der Waals surface area contributed by atoms with Gasteiger partial charge in [-0.15, -0.1) is 0 Å². The molecule has 2 aromatic heterocycles. The molecule has 1 aliphatic rings. The Labute approximate surface area is 154 Å². The molecular formula is C17H14Cl2N6. The highest BCUT2D eigenvalue weighted by molar-refractivity contribution is 6.39. The molecule has 4 rings (SSSR count). The van der Waals surface area contributed by atoms with Crippen molar-refractivity contribution >= 4 is 46.1 Å². The van der Waals surface area contributed by atoms with Crippen LogP contribution in [-0.2, 0) is 6.54 Å². The third-order valence-electron chi connectivity index (χ3n) is 3.97. The van der Waals surface area contributed by atoms with E-state index < -0.39 is 0 Å². The van der Waals surface area contributed by atoms with Gasteiger partial charge in [0.05, 0.1) is 28.0 Å². The Bertz CT molecular complexity index is 938. The summed E-state index contributed by atoms with van der Waals surface area (Å²) in [6, 6.07) is 7.22. The number of aryl methyl sites for hydroxylation is 1. The topological polar surface area (TPSA) is 71.2 Å². The Morgan fingerprint density at radius 2 is 1.88 bits per heavy atom. The number of nitrogens with two attached hydrogens (primary N) is 1. The van der Waals surface area contributed by atoms with Crippen molar-refractivity contribution in [3.05, 3.63) is 64.3 Å². The van der Waals surface area contributed by atoms with Crippen molar-refractivity contribution in [3.63, 3.8) is 0 Å². The van der Waals surface area contributed by atoms with Crippen molar-refractivity contribution in [1.82, 2.24) is 15.0 Å². The van der Waals surface area contributed by atoms with E-state index in [1.165, 1.54) is 6.33 Å². The Morgan fingerprint density at radius 3 is 2.60 bits per heavy atom. The smallest absolute Gasteiger partial charge is 0.155 e. The van der Waals surface area contributed by atoms with Crippen LogP contribution in [0.4, 0.5) is 22.9 Å². The molecular weight excluding hydrogens is 359 g/mol. The van der Waals surface area contributed by atoms with Crippen LogP contribution >= 0.6 is 23.2 Å². The summed E-state index contributed by atoms with van der Waals surface area (Å²) in [5.41, 5.74) is 9.91. The minimum absolute atomic E-state index is 0.474. The lowest BCUT2D eigenvalue weighted by Gasteiger charge is -2.32. The first-order valence-electron chi connectivity index (χ1n) is 7.58. The lowest BCUT2D eigenvalue weighted by Crippen LogP contribution is -2.34. The van der Waals surface area contributed by atoms with Gasteiger partial charge >= 0.3 is 0 Å². The van der Waals surface area contributed by atoms with Gasteiger partial charge in [0.2, 0.25) is 0 Å². The van der Waals surface area contributed by atoms with Crippen LogP contribution in [0.2, 0.25) is 10.0 Å². The molecule has 0 fully saturated rings. The van der Waals surface area contributed by atoms with Crippen LogP contribution in [0, 0.1) is 6.92 Å². The van der Waals surface area contributed by atoms with Crippen molar-refractivity contribution in [3.8, 4) is 0 Å². The van der Waals surface area contributed by atoms with Gasteiger partial charge in [0.1, 0.15) is 6.33 Å². The van der Waals surface area contributed by atoms with Crippen molar-refractivity contribution in [2.24, 2.45) is 0 Å². The van der Waals surface area contributed by atoms with Gasteiger partial charge < -0.3 is 5.73 Å². The number of hydrogen-bond donors (Lipinski definition) is 1. The standard InChI is InChI=1S/C17H14Cl2N6/c1-10-4-16(23-9-22-10)25-15-2-3-21-7-11(15)8-24(25)17-13(18)5-12(20)6-14(17)19/h2-7,9H,8,20H2,1H3. The summed E-state index contributed by atoms with van der Waals surface area (Å²) in [6.45, 7) is 2.48. The van der Waals surface area contributed by atoms with E-state index >= 15 is 0 Å². The monoisotopic (exact) mass is 372 g/mol. The molecule has 3 aromatic rings. The molecule has 25 heavy (non-hydrogen) atoms. The van der Waals surface area contributed by atoms with Crippen LogP contribution in [0.1, 0.15) is 11.3 Å². The first kappa shape index (κ1) is 15.9. The molecule has 0 radical (unpaired) electrons. The number of nitrogens with zero attached hydrogens (tertiary/aromatic N) is 5. The average Bonchev–Trinajstić information content (AvgIpc) is 2.92. The lowest BCUT2D eigenvalue weighted by molar-refractivity contribution is 0.857. The first-order valence-corrected chi connectivity index (χ1v) is 8.34. The van der Waals surface area contributed by atoms with E-state index in [0.29, 0.717) is 28.0 Å². The van der Waals surface area contributed by atoms with Gasteiger partial charge in [-0.25, -0.2) is 15.0 Å². The highest BCUT2D eigenvalue weighted by Gasteiger charge is 2.32. The van der Waals surface area contributed by atoms with Crippen LogP contribution in [0.5, 0.6) is 0 Å². The fourth-order valence-electron chi connectivity index (χ4n) is 2.92. The molecule has 126 valence electrons. The van der Waals surface area contributed by atoms with Crippen LogP contribution in [-0.4, -0.2) is 15.0 Å². The fraction of sp³-hybridized carbons (Fsp3) is 0.118. The van der Waals surface area contributed by atoms with E-state index in [0.717, 1.165) is 22.8 Å². The number of fused-ring (bicyclic) bond motifs is 1. The molecule has 0 unspecified atom stereocenters. The molecule has 3 heterocycles. The Balaban J connectivity index is 1.91. The highest BCUT2D eigenvalue weighted by Crippen LogP contribution is 2.44. The van der Waals surface area contributed by atoms with Crippen LogP contribution in [0.3, 0.4) is 0 Å². The molecule has 0 atom stereocenters. The number of aromatic nitrogens is 3. The molecule has 0 aliphatic carbocycles.